The maximum absolute atomic E-state index is 12.1. The van der Waals surface area contributed by atoms with Gasteiger partial charge in [0.05, 0.1) is 0 Å². The zero-order valence-electron chi connectivity index (χ0n) is 13.0. The maximum atomic E-state index is 12.1. The molecule has 1 aliphatic rings. The van der Waals surface area contributed by atoms with E-state index in [1.165, 1.54) is 5.56 Å². The van der Waals surface area contributed by atoms with E-state index in [1.807, 2.05) is 13.8 Å². The fourth-order valence-electron chi connectivity index (χ4n) is 2.60. The predicted octanol–water partition coefficient (Wildman–Crippen LogP) is 2.66. The molecule has 4 nitrogen and oxygen atoms in total. The molecule has 1 aromatic carbocycles. The number of amides is 1. The summed E-state index contributed by atoms with van der Waals surface area (Å²) < 4.78 is 1.09. The van der Waals surface area contributed by atoms with Crippen LogP contribution in [0.3, 0.4) is 0 Å². The van der Waals surface area contributed by atoms with Gasteiger partial charge in [-0.15, -0.1) is 0 Å². The smallest absolute Gasteiger partial charge is 0.245 e. The van der Waals surface area contributed by atoms with Crippen LogP contribution in [0.25, 0.3) is 0 Å². The molecular formula is C16H24BrN3O. The van der Waals surface area contributed by atoms with E-state index in [0.29, 0.717) is 6.54 Å². The number of carbonyl (C=O) groups excluding carboxylic acids is 1. The van der Waals surface area contributed by atoms with Gasteiger partial charge in [0, 0.05) is 29.8 Å². The Morgan fingerprint density at radius 1 is 1.43 bits per heavy atom. The summed E-state index contributed by atoms with van der Waals surface area (Å²) in [6.45, 7) is 9.50. The van der Waals surface area contributed by atoms with Crippen LogP contribution >= 0.6 is 15.9 Å². The molecule has 0 spiro atoms. The second kappa shape index (κ2) is 6.79. The third kappa shape index (κ3) is 3.58. The fraction of sp³-hybridized carbons (Fsp3) is 0.562. The van der Waals surface area contributed by atoms with E-state index in [0.717, 1.165) is 36.2 Å². The average Bonchev–Trinajstić information content (AvgIpc) is 2.44. The number of hydrogen-bond donors (Lipinski definition) is 2. The normalized spacial score (nSPS) is 17.7. The van der Waals surface area contributed by atoms with Gasteiger partial charge in [0.25, 0.3) is 0 Å². The molecule has 0 saturated carbocycles. The molecular weight excluding hydrogens is 330 g/mol. The summed E-state index contributed by atoms with van der Waals surface area (Å²) in [5, 5.41) is 6.34. The zero-order valence-corrected chi connectivity index (χ0v) is 14.6. The van der Waals surface area contributed by atoms with E-state index in [-0.39, 0.29) is 5.91 Å². The maximum Gasteiger partial charge on any atom is 0.245 e. The topological polar surface area (TPSA) is 44.4 Å². The minimum absolute atomic E-state index is 0.0820. The van der Waals surface area contributed by atoms with E-state index < -0.39 is 5.54 Å². The van der Waals surface area contributed by atoms with Crippen LogP contribution < -0.4 is 15.5 Å². The first-order chi connectivity index (χ1) is 9.96. The van der Waals surface area contributed by atoms with E-state index in [9.17, 15) is 4.79 Å². The van der Waals surface area contributed by atoms with Crippen molar-refractivity contribution in [1.29, 1.82) is 0 Å². The molecule has 0 aromatic heterocycles. The molecule has 21 heavy (non-hydrogen) atoms. The van der Waals surface area contributed by atoms with Gasteiger partial charge in [0.1, 0.15) is 5.54 Å². The van der Waals surface area contributed by atoms with Crippen molar-refractivity contribution in [3.8, 4) is 0 Å². The van der Waals surface area contributed by atoms with E-state index in [1.54, 1.807) is 0 Å². The van der Waals surface area contributed by atoms with Crippen LogP contribution in [0.2, 0.25) is 0 Å². The Hall–Kier alpha value is -1.07. The first-order valence-corrected chi connectivity index (χ1v) is 8.31. The van der Waals surface area contributed by atoms with Crippen molar-refractivity contribution < 1.29 is 4.79 Å². The molecule has 5 heteroatoms. The lowest BCUT2D eigenvalue weighted by Gasteiger charge is -2.43. The Kier molecular flexibility index (Phi) is 5.27. The van der Waals surface area contributed by atoms with Gasteiger partial charge >= 0.3 is 0 Å². The Morgan fingerprint density at radius 2 is 2.19 bits per heavy atom. The van der Waals surface area contributed by atoms with Crippen molar-refractivity contribution in [2.24, 2.45) is 0 Å². The number of rotatable bonds is 5. The third-order valence-electron chi connectivity index (χ3n) is 3.94. The van der Waals surface area contributed by atoms with Gasteiger partial charge in [-0.25, -0.2) is 0 Å². The van der Waals surface area contributed by atoms with Gasteiger partial charge in [-0.2, -0.15) is 0 Å². The highest BCUT2D eigenvalue weighted by molar-refractivity contribution is 9.10. The average molecular weight is 354 g/mol. The highest BCUT2D eigenvalue weighted by atomic mass is 79.9. The molecule has 0 atom stereocenters. The number of carbonyl (C=O) groups is 1. The minimum atomic E-state index is -0.514. The van der Waals surface area contributed by atoms with Crippen LogP contribution in [-0.4, -0.2) is 31.1 Å². The highest BCUT2D eigenvalue weighted by Gasteiger charge is 2.37. The molecule has 1 amide bonds. The van der Waals surface area contributed by atoms with Crippen molar-refractivity contribution in [1.82, 2.24) is 10.6 Å². The number of nitrogens with zero attached hydrogens (tertiary/aromatic N) is 1. The molecule has 1 heterocycles. The molecule has 1 aromatic rings. The Morgan fingerprint density at radius 3 is 2.86 bits per heavy atom. The number of benzene rings is 1. The Labute approximate surface area is 135 Å². The lowest BCUT2D eigenvalue weighted by molar-refractivity contribution is -0.126. The molecule has 0 aliphatic carbocycles. The van der Waals surface area contributed by atoms with E-state index >= 15 is 0 Å². The van der Waals surface area contributed by atoms with Crippen molar-refractivity contribution in [2.75, 3.05) is 24.5 Å². The first kappa shape index (κ1) is 16.3. The summed E-state index contributed by atoms with van der Waals surface area (Å²) in [7, 11) is 0. The van der Waals surface area contributed by atoms with Crippen LogP contribution in [0.5, 0.6) is 0 Å². The molecule has 0 bridgehead atoms. The Balaban J connectivity index is 2.17. The number of anilines is 1. The number of piperazine rings is 1. The summed E-state index contributed by atoms with van der Waals surface area (Å²) in [5.41, 5.74) is 1.81. The number of halogens is 1. The summed E-state index contributed by atoms with van der Waals surface area (Å²) in [6, 6.07) is 6.35. The second-order valence-corrected chi connectivity index (χ2v) is 6.77. The number of nitrogens with one attached hydrogen (secondary N) is 2. The minimum Gasteiger partial charge on any atom is -0.356 e. The lowest BCUT2D eigenvalue weighted by Crippen LogP contribution is -2.62. The van der Waals surface area contributed by atoms with Crippen LogP contribution in [-0.2, 0) is 11.3 Å². The van der Waals surface area contributed by atoms with E-state index in [2.05, 4.69) is 56.6 Å². The van der Waals surface area contributed by atoms with Crippen molar-refractivity contribution >= 4 is 27.5 Å². The lowest BCUT2D eigenvalue weighted by atomic mass is 9.97. The second-order valence-electron chi connectivity index (χ2n) is 5.92. The van der Waals surface area contributed by atoms with Crippen LogP contribution in [0, 0.1) is 0 Å². The molecule has 1 aliphatic heterocycles. The van der Waals surface area contributed by atoms with E-state index in [4.69, 9.17) is 0 Å². The van der Waals surface area contributed by atoms with Gasteiger partial charge in [0.15, 0.2) is 0 Å². The molecule has 2 N–H and O–H groups in total. The zero-order chi connectivity index (χ0) is 15.5. The Bertz CT molecular complexity index is 516. The summed E-state index contributed by atoms with van der Waals surface area (Å²) in [5.74, 6) is 0.0820. The van der Waals surface area contributed by atoms with Crippen LogP contribution in [0.4, 0.5) is 5.69 Å². The monoisotopic (exact) mass is 353 g/mol. The molecule has 1 saturated heterocycles. The van der Waals surface area contributed by atoms with Crippen molar-refractivity contribution in [3.63, 3.8) is 0 Å². The molecule has 116 valence electrons. The van der Waals surface area contributed by atoms with Crippen LogP contribution in [0.1, 0.15) is 32.8 Å². The first-order valence-electron chi connectivity index (χ1n) is 7.52. The SMILES string of the molecule is CCCNCc1ccc(N2CCNC(=O)C2(C)C)cc1Br. The van der Waals surface area contributed by atoms with Crippen LogP contribution in [0.15, 0.2) is 22.7 Å². The predicted molar refractivity (Wildman–Crippen MR) is 90.6 cm³/mol. The molecule has 0 radical (unpaired) electrons. The fourth-order valence-corrected chi connectivity index (χ4v) is 3.11. The summed E-state index contributed by atoms with van der Waals surface area (Å²) in [6.07, 6.45) is 1.13. The molecule has 2 rings (SSSR count). The molecule has 1 fully saturated rings. The van der Waals surface area contributed by atoms with Gasteiger partial charge in [-0.3, -0.25) is 4.79 Å². The summed E-state index contributed by atoms with van der Waals surface area (Å²) >= 11 is 3.65. The van der Waals surface area contributed by atoms with Gasteiger partial charge in [-0.1, -0.05) is 28.9 Å². The highest BCUT2D eigenvalue weighted by Crippen LogP contribution is 2.30. The quantitative estimate of drug-likeness (QED) is 0.799. The van der Waals surface area contributed by atoms with Crippen molar-refractivity contribution in [2.45, 2.75) is 39.3 Å². The molecule has 0 unspecified atom stereocenters. The van der Waals surface area contributed by atoms with Gasteiger partial charge < -0.3 is 15.5 Å². The van der Waals surface area contributed by atoms with Gasteiger partial charge in [0.2, 0.25) is 5.91 Å². The van der Waals surface area contributed by atoms with Crippen molar-refractivity contribution in [3.05, 3.63) is 28.2 Å². The third-order valence-corrected chi connectivity index (χ3v) is 4.68. The largest absolute Gasteiger partial charge is 0.356 e. The number of hydrogen-bond acceptors (Lipinski definition) is 3. The van der Waals surface area contributed by atoms with Gasteiger partial charge in [-0.05, 0) is 44.5 Å². The summed E-state index contributed by atoms with van der Waals surface area (Å²) in [4.78, 5) is 14.2. The standard InChI is InChI=1S/C16H24BrN3O/c1-4-7-18-11-12-5-6-13(10-14(12)17)20-9-8-19-15(21)16(20,2)3/h5-6,10,18H,4,7-9,11H2,1-3H3,(H,19,21).